The largest absolute Gasteiger partial charge is 0.505 e. The third-order valence-corrected chi connectivity index (χ3v) is 2.27. The minimum Gasteiger partial charge on any atom is -0.505 e. The number of nitrogens with zero attached hydrogens (tertiary/aromatic N) is 2. The normalized spacial score (nSPS) is 12.6. The molecule has 0 radical (unpaired) electrons. The van der Waals surface area contributed by atoms with Gasteiger partial charge in [0.15, 0.2) is 5.75 Å². The van der Waals surface area contributed by atoms with E-state index in [4.69, 9.17) is 5.11 Å². The van der Waals surface area contributed by atoms with E-state index in [0.717, 1.165) is 0 Å². The third kappa shape index (κ3) is 1.62. The smallest absolute Gasteiger partial charge is 0.153 e. The number of aromatic nitrogens is 2. The molecule has 0 saturated carbocycles. The lowest BCUT2D eigenvalue weighted by atomic mass is 10.1. The molecule has 1 aromatic heterocycles. The van der Waals surface area contributed by atoms with Crippen molar-refractivity contribution < 1.29 is 5.11 Å². The molecular formula is C11H12N2O. The molecule has 0 aliphatic rings. The van der Waals surface area contributed by atoms with Crippen LogP contribution in [0.4, 0.5) is 0 Å². The van der Waals surface area contributed by atoms with Crippen LogP contribution in [-0.4, -0.2) is 14.9 Å². The van der Waals surface area contributed by atoms with E-state index in [9.17, 15) is 0 Å². The molecule has 72 valence electrons. The van der Waals surface area contributed by atoms with Crippen LogP contribution in [0.15, 0.2) is 42.7 Å². The molecule has 3 heteroatoms. The van der Waals surface area contributed by atoms with Crippen LogP contribution in [0.5, 0.6) is 5.75 Å². The summed E-state index contributed by atoms with van der Waals surface area (Å²) in [5.74, 6) is 0.202. The first-order valence-corrected chi connectivity index (χ1v) is 4.55. The van der Waals surface area contributed by atoms with Crippen molar-refractivity contribution in [3.05, 3.63) is 48.3 Å². The number of hydrogen-bond donors (Lipinski definition) is 1. The molecule has 0 saturated heterocycles. The molecule has 14 heavy (non-hydrogen) atoms. The predicted octanol–water partition coefficient (Wildman–Crippen LogP) is 2.20. The monoisotopic (exact) mass is 188 g/mol. The molecule has 2 rings (SSSR count). The lowest BCUT2D eigenvalue weighted by Crippen LogP contribution is -2.06. The van der Waals surface area contributed by atoms with E-state index in [1.807, 2.05) is 37.3 Å². The van der Waals surface area contributed by atoms with Crippen LogP contribution >= 0.6 is 0 Å². The second-order valence-corrected chi connectivity index (χ2v) is 3.27. The SMILES string of the molecule is C[C@@H](c1ccccc1)n1cc(O)cn1. The highest BCUT2D eigenvalue weighted by atomic mass is 16.3. The van der Waals surface area contributed by atoms with Gasteiger partial charge in [0, 0.05) is 0 Å². The summed E-state index contributed by atoms with van der Waals surface area (Å²) in [6, 6.07) is 10.2. The summed E-state index contributed by atoms with van der Waals surface area (Å²) < 4.78 is 1.74. The quantitative estimate of drug-likeness (QED) is 0.784. The van der Waals surface area contributed by atoms with Crippen molar-refractivity contribution in [2.75, 3.05) is 0 Å². The first-order chi connectivity index (χ1) is 6.77. The molecule has 0 amide bonds. The van der Waals surface area contributed by atoms with Gasteiger partial charge < -0.3 is 5.11 Å². The van der Waals surface area contributed by atoms with Crippen LogP contribution in [0.25, 0.3) is 0 Å². The average molecular weight is 188 g/mol. The molecule has 2 aromatic rings. The van der Waals surface area contributed by atoms with Crippen molar-refractivity contribution in [1.29, 1.82) is 0 Å². The van der Waals surface area contributed by atoms with Gasteiger partial charge in [0.25, 0.3) is 0 Å². The van der Waals surface area contributed by atoms with Crippen molar-refractivity contribution in [2.24, 2.45) is 0 Å². The maximum atomic E-state index is 9.17. The Morgan fingerprint density at radius 1 is 1.29 bits per heavy atom. The van der Waals surface area contributed by atoms with E-state index in [2.05, 4.69) is 5.10 Å². The van der Waals surface area contributed by atoms with Gasteiger partial charge in [-0.3, -0.25) is 4.68 Å². The number of rotatable bonds is 2. The average Bonchev–Trinajstić information content (AvgIpc) is 2.65. The van der Waals surface area contributed by atoms with E-state index in [1.165, 1.54) is 11.8 Å². The summed E-state index contributed by atoms with van der Waals surface area (Å²) in [4.78, 5) is 0. The number of aromatic hydroxyl groups is 1. The Hall–Kier alpha value is -1.77. The molecule has 1 aromatic carbocycles. The van der Waals surface area contributed by atoms with E-state index >= 15 is 0 Å². The fourth-order valence-corrected chi connectivity index (χ4v) is 1.42. The van der Waals surface area contributed by atoms with Gasteiger partial charge >= 0.3 is 0 Å². The van der Waals surface area contributed by atoms with Crippen LogP contribution in [0.1, 0.15) is 18.5 Å². The highest BCUT2D eigenvalue weighted by Gasteiger charge is 2.07. The first-order valence-electron chi connectivity index (χ1n) is 4.55. The van der Waals surface area contributed by atoms with Gasteiger partial charge in [-0.05, 0) is 12.5 Å². The standard InChI is InChI=1S/C11H12N2O/c1-9(10-5-3-2-4-6-10)13-8-11(14)7-12-13/h2-9,14H,1H3/t9-/m0/s1. The fourth-order valence-electron chi connectivity index (χ4n) is 1.42. The summed E-state index contributed by atoms with van der Waals surface area (Å²) in [5, 5.41) is 13.2. The molecule has 1 atom stereocenters. The summed E-state index contributed by atoms with van der Waals surface area (Å²) in [7, 11) is 0. The highest BCUT2D eigenvalue weighted by molar-refractivity contribution is 5.20. The van der Waals surface area contributed by atoms with E-state index < -0.39 is 0 Å². The number of hydrogen-bond acceptors (Lipinski definition) is 2. The minimum absolute atomic E-state index is 0.150. The minimum atomic E-state index is 0.150. The molecule has 0 bridgehead atoms. The molecular weight excluding hydrogens is 176 g/mol. The summed E-state index contributed by atoms with van der Waals surface area (Å²) in [6.45, 7) is 2.04. The van der Waals surface area contributed by atoms with Crippen molar-refractivity contribution in [3.8, 4) is 5.75 Å². The number of benzene rings is 1. The van der Waals surface area contributed by atoms with Gasteiger partial charge in [-0.1, -0.05) is 30.3 Å². The second kappa shape index (κ2) is 3.54. The van der Waals surface area contributed by atoms with Gasteiger partial charge in [0.05, 0.1) is 18.4 Å². The lowest BCUT2D eigenvalue weighted by Gasteiger charge is -2.11. The van der Waals surface area contributed by atoms with Crippen LogP contribution in [-0.2, 0) is 0 Å². The zero-order valence-corrected chi connectivity index (χ0v) is 7.96. The Balaban J connectivity index is 2.29. The van der Waals surface area contributed by atoms with Crippen molar-refractivity contribution in [2.45, 2.75) is 13.0 Å². The maximum Gasteiger partial charge on any atom is 0.153 e. The molecule has 3 nitrogen and oxygen atoms in total. The van der Waals surface area contributed by atoms with Gasteiger partial charge in [-0.25, -0.2) is 0 Å². The van der Waals surface area contributed by atoms with Gasteiger partial charge in [-0.2, -0.15) is 5.10 Å². The Morgan fingerprint density at radius 3 is 2.57 bits per heavy atom. The molecule has 1 heterocycles. The maximum absolute atomic E-state index is 9.17. The van der Waals surface area contributed by atoms with Crippen molar-refractivity contribution >= 4 is 0 Å². The Bertz CT molecular complexity index is 408. The Morgan fingerprint density at radius 2 is 2.00 bits per heavy atom. The van der Waals surface area contributed by atoms with E-state index in [1.54, 1.807) is 10.9 Å². The second-order valence-electron chi connectivity index (χ2n) is 3.27. The van der Waals surface area contributed by atoms with Crippen LogP contribution in [0.3, 0.4) is 0 Å². The molecule has 0 aliphatic heterocycles. The molecule has 0 fully saturated rings. The predicted molar refractivity (Wildman–Crippen MR) is 54.1 cm³/mol. The van der Waals surface area contributed by atoms with Gasteiger partial charge in [0.2, 0.25) is 0 Å². The van der Waals surface area contributed by atoms with Crippen molar-refractivity contribution in [1.82, 2.24) is 9.78 Å². The van der Waals surface area contributed by atoms with Crippen LogP contribution in [0, 0.1) is 0 Å². The van der Waals surface area contributed by atoms with Gasteiger partial charge in [0.1, 0.15) is 0 Å². The van der Waals surface area contributed by atoms with Gasteiger partial charge in [-0.15, -0.1) is 0 Å². The fraction of sp³-hybridized carbons (Fsp3) is 0.182. The Kier molecular flexibility index (Phi) is 2.23. The highest BCUT2D eigenvalue weighted by Crippen LogP contribution is 2.18. The first kappa shape index (κ1) is 8.81. The van der Waals surface area contributed by atoms with E-state index in [-0.39, 0.29) is 11.8 Å². The molecule has 0 unspecified atom stereocenters. The van der Waals surface area contributed by atoms with Crippen LogP contribution < -0.4 is 0 Å². The topological polar surface area (TPSA) is 38.0 Å². The zero-order chi connectivity index (χ0) is 9.97. The van der Waals surface area contributed by atoms with E-state index in [0.29, 0.717) is 0 Å². The Labute approximate surface area is 82.6 Å². The molecule has 0 spiro atoms. The summed E-state index contributed by atoms with van der Waals surface area (Å²) in [6.07, 6.45) is 3.07. The van der Waals surface area contributed by atoms with Crippen LogP contribution in [0.2, 0.25) is 0 Å². The zero-order valence-electron chi connectivity index (χ0n) is 7.96. The lowest BCUT2D eigenvalue weighted by molar-refractivity contribution is 0.472. The summed E-state index contributed by atoms with van der Waals surface area (Å²) >= 11 is 0. The third-order valence-electron chi connectivity index (χ3n) is 2.27. The molecule has 1 N–H and O–H groups in total. The molecule has 0 aliphatic carbocycles. The summed E-state index contributed by atoms with van der Waals surface area (Å²) in [5.41, 5.74) is 1.18. The van der Waals surface area contributed by atoms with Crippen molar-refractivity contribution in [3.63, 3.8) is 0 Å².